The van der Waals surface area contributed by atoms with Gasteiger partial charge in [-0.25, -0.2) is 4.79 Å². The largest absolute Gasteiger partial charge is 0.493 e. The summed E-state index contributed by atoms with van der Waals surface area (Å²) in [6.45, 7) is 0. The van der Waals surface area contributed by atoms with E-state index in [1.165, 1.54) is 13.2 Å². The lowest BCUT2D eigenvalue weighted by molar-refractivity contribution is 0.0600. The average Bonchev–Trinajstić information content (AvgIpc) is 3.10. The van der Waals surface area contributed by atoms with Gasteiger partial charge in [0.05, 0.1) is 19.8 Å². The zero-order chi connectivity index (χ0) is 17.8. The standard InChI is InChI=1S/C20H16O5/c1-23-17-5-3-4-15-12-18(25-19(15)17)16(21)11-8-13-6-9-14(10-7-13)20(22)24-2/h3-12H,1-2H3/b11-8+. The second-order valence-corrected chi connectivity index (χ2v) is 5.30. The number of benzene rings is 2. The maximum absolute atomic E-state index is 12.3. The number of hydrogen-bond donors (Lipinski definition) is 0. The highest BCUT2D eigenvalue weighted by Gasteiger charge is 2.12. The van der Waals surface area contributed by atoms with E-state index in [1.807, 2.05) is 12.1 Å². The Labute approximate surface area is 144 Å². The van der Waals surface area contributed by atoms with Crippen LogP contribution >= 0.6 is 0 Å². The zero-order valence-electron chi connectivity index (χ0n) is 13.8. The highest BCUT2D eigenvalue weighted by molar-refractivity contribution is 6.07. The molecule has 1 aromatic heterocycles. The van der Waals surface area contributed by atoms with Crippen molar-refractivity contribution >= 4 is 28.8 Å². The highest BCUT2D eigenvalue weighted by Crippen LogP contribution is 2.28. The van der Waals surface area contributed by atoms with E-state index >= 15 is 0 Å². The van der Waals surface area contributed by atoms with Crippen LogP contribution < -0.4 is 4.74 Å². The van der Waals surface area contributed by atoms with Crippen molar-refractivity contribution in [1.82, 2.24) is 0 Å². The minimum Gasteiger partial charge on any atom is -0.493 e. The van der Waals surface area contributed by atoms with Crippen LogP contribution in [0.15, 0.2) is 59.0 Å². The van der Waals surface area contributed by atoms with Crippen LogP contribution in [-0.4, -0.2) is 26.0 Å². The molecule has 1 heterocycles. The summed E-state index contributed by atoms with van der Waals surface area (Å²) in [6, 6.07) is 13.9. The van der Waals surface area contributed by atoms with Gasteiger partial charge in [0.15, 0.2) is 17.1 Å². The van der Waals surface area contributed by atoms with Crippen LogP contribution in [0.25, 0.3) is 17.0 Å². The summed E-state index contributed by atoms with van der Waals surface area (Å²) in [5, 5.41) is 0.804. The van der Waals surface area contributed by atoms with Gasteiger partial charge in [0.2, 0.25) is 5.78 Å². The predicted octanol–water partition coefficient (Wildman–Crippen LogP) is 4.12. The first-order chi connectivity index (χ1) is 12.1. The number of rotatable bonds is 5. The first-order valence-electron chi connectivity index (χ1n) is 7.59. The van der Waals surface area contributed by atoms with Gasteiger partial charge in [-0.3, -0.25) is 4.79 Å². The second kappa shape index (κ2) is 7.05. The van der Waals surface area contributed by atoms with Gasteiger partial charge in [-0.2, -0.15) is 0 Å². The number of esters is 1. The third kappa shape index (κ3) is 3.45. The zero-order valence-corrected chi connectivity index (χ0v) is 13.8. The van der Waals surface area contributed by atoms with Gasteiger partial charge in [0.1, 0.15) is 0 Å². The first-order valence-corrected chi connectivity index (χ1v) is 7.59. The van der Waals surface area contributed by atoms with Crippen LogP contribution in [0.2, 0.25) is 0 Å². The van der Waals surface area contributed by atoms with Gasteiger partial charge in [-0.15, -0.1) is 0 Å². The van der Waals surface area contributed by atoms with Crippen LogP contribution in [0.5, 0.6) is 5.75 Å². The molecule has 2 aromatic carbocycles. The summed E-state index contributed by atoms with van der Waals surface area (Å²) >= 11 is 0. The molecule has 0 aliphatic carbocycles. The maximum atomic E-state index is 12.3. The molecule has 5 heteroatoms. The smallest absolute Gasteiger partial charge is 0.337 e. The first kappa shape index (κ1) is 16.5. The Morgan fingerprint density at radius 3 is 2.48 bits per heavy atom. The molecule has 0 atom stereocenters. The van der Waals surface area contributed by atoms with Crippen molar-refractivity contribution in [2.45, 2.75) is 0 Å². The summed E-state index contributed by atoms with van der Waals surface area (Å²) in [7, 11) is 2.88. The summed E-state index contributed by atoms with van der Waals surface area (Å²) in [5.41, 5.74) is 1.79. The third-order valence-electron chi connectivity index (χ3n) is 3.73. The molecule has 3 aromatic rings. The molecule has 126 valence electrons. The Bertz CT molecular complexity index is 948. The number of ether oxygens (including phenoxy) is 2. The van der Waals surface area contributed by atoms with Crippen molar-refractivity contribution in [2.75, 3.05) is 14.2 Å². The fourth-order valence-electron chi connectivity index (χ4n) is 2.42. The second-order valence-electron chi connectivity index (χ2n) is 5.30. The Hall–Kier alpha value is -3.34. The lowest BCUT2D eigenvalue weighted by atomic mass is 10.1. The lowest BCUT2D eigenvalue weighted by Gasteiger charge is -1.99. The summed E-state index contributed by atoms with van der Waals surface area (Å²) < 4.78 is 15.5. The van der Waals surface area contributed by atoms with Gasteiger partial charge in [-0.1, -0.05) is 30.3 Å². The molecule has 0 aliphatic heterocycles. The normalized spacial score (nSPS) is 11.0. The number of fused-ring (bicyclic) bond motifs is 1. The monoisotopic (exact) mass is 336 g/mol. The number of carbonyl (C=O) groups excluding carboxylic acids is 2. The number of para-hydroxylation sites is 1. The Morgan fingerprint density at radius 1 is 1.04 bits per heavy atom. The van der Waals surface area contributed by atoms with Gasteiger partial charge in [0, 0.05) is 5.39 Å². The van der Waals surface area contributed by atoms with E-state index in [0.29, 0.717) is 16.9 Å². The molecule has 0 radical (unpaired) electrons. The Kier molecular flexibility index (Phi) is 4.66. The summed E-state index contributed by atoms with van der Waals surface area (Å²) in [6.07, 6.45) is 3.09. The molecule has 0 N–H and O–H groups in total. The van der Waals surface area contributed by atoms with Crippen LogP contribution in [0, 0.1) is 0 Å². The lowest BCUT2D eigenvalue weighted by Crippen LogP contribution is -2.00. The van der Waals surface area contributed by atoms with Crippen molar-refractivity contribution in [2.24, 2.45) is 0 Å². The molecule has 0 fully saturated rings. The molecular formula is C20H16O5. The molecule has 0 unspecified atom stereocenters. The van der Waals surface area contributed by atoms with Crippen LogP contribution in [0.1, 0.15) is 26.5 Å². The van der Waals surface area contributed by atoms with Crippen molar-refractivity contribution in [3.05, 3.63) is 71.5 Å². The molecule has 3 rings (SSSR count). The topological polar surface area (TPSA) is 65.7 Å². The molecular weight excluding hydrogens is 320 g/mol. The maximum Gasteiger partial charge on any atom is 0.337 e. The van der Waals surface area contributed by atoms with Crippen molar-refractivity contribution < 1.29 is 23.5 Å². The quantitative estimate of drug-likeness (QED) is 0.398. The number of carbonyl (C=O) groups is 2. The van der Waals surface area contributed by atoms with Gasteiger partial charge >= 0.3 is 5.97 Å². The number of methoxy groups -OCH3 is 2. The number of hydrogen-bond acceptors (Lipinski definition) is 5. The van der Waals surface area contributed by atoms with Gasteiger partial charge < -0.3 is 13.9 Å². The predicted molar refractivity (Wildman–Crippen MR) is 93.9 cm³/mol. The van der Waals surface area contributed by atoms with E-state index < -0.39 is 5.97 Å². The Balaban J connectivity index is 1.80. The molecule has 25 heavy (non-hydrogen) atoms. The molecule has 0 bridgehead atoms. The molecule has 0 saturated heterocycles. The molecule has 0 aliphatic rings. The van der Waals surface area contributed by atoms with Crippen LogP contribution in [0.3, 0.4) is 0 Å². The highest BCUT2D eigenvalue weighted by atomic mass is 16.5. The fraction of sp³-hybridized carbons (Fsp3) is 0.100. The minimum atomic E-state index is -0.400. The van der Waals surface area contributed by atoms with E-state index in [0.717, 1.165) is 10.9 Å². The summed E-state index contributed by atoms with van der Waals surface area (Å²) in [4.78, 5) is 23.7. The molecule has 0 saturated carbocycles. The molecule has 5 nitrogen and oxygen atoms in total. The van der Waals surface area contributed by atoms with E-state index in [4.69, 9.17) is 9.15 Å². The van der Waals surface area contributed by atoms with E-state index in [1.54, 1.807) is 49.6 Å². The van der Waals surface area contributed by atoms with Gasteiger partial charge in [0.25, 0.3) is 0 Å². The number of allylic oxidation sites excluding steroid dienone is 1. The van der Waals surface area contributed by atoms with E-state index in [2.05, 4.69) is 4.74 Å². The summed E-state index contributed by atoms with van der Waals surface area (Å²) in [5.74, 6) is 0.166. The van der Waals surface area contributed by atoms with Gasteiger partial charge in [-0.05, 0) is 35.9 Å². The van der Waals surface area contributed by atoms with Crippen LogP contribution in [0.4, 0.5) is 0 Å². The molecule has 0 spiro atoms. The number of furan rings is 1. The fourth-order valence-corrected chi connectivity index (χ4v) is 2.42. The van der Waals surface area contributed by atoms with E-state index in [-0.39, 0.29) is 11.5 Å². The van der Waals surface area contributed by atoms with Crippen molar-refractivity contribution in [1.29, 1.82) is 0 Å². The third-order valence-corrected chi connectivity index (χ3v) is 3.73. The molecule has 0 amide bonds. The average molecular weight is 336 g/mol. The minimum absolute atomic E-state index is 0.238. The van der Waals surface area contributed by atoms with Crippen LogP contribution in [-0.2, 0) is 4.74 Å². The van der Waals surface area contributed by atoms with E-state index in [9.17, 15) is 9.59 Å². The SMILES string of the molecule is COC(=O)c1ccc(/C=C/C(=O)c2cc3cccc(OC)c3o2)cc1. The van der Waals surface area contributed by atoms with Crippen molar-refractivity contribution in [3.63, 3.8) is 0 Å². The van der Waals surface area contributed by atoms with Crippen molar-refractivity contribution in [3.8, 4) is 5.75 Å². The number of ketones is 1. The Morgan fingerprint density at radius 2 is 1.80 bits per heavy atom.